The van der Waals surface area contributed by atoms with Gasteiger partial charge in [-0.15, -0.1) is 5.10 Å². The SMILES string of the molecule is NC(=O)c1nc(Cn2nc(-c3ccc(Cl)cc3)n(CC(O)(O)C(F)(F)F)c2=O)n[n]1[AlH2]. The molecule has 2 aromatic heterocycles. The summed E-state index contributed by atoms with van der Waals surface area (Å²) >= 11 is 6.07. The lowest BCUT2D eigenvalue weighted by Crippen LogP contribution is -2.50. The van der Waals surface area contributed by atoms with E-state index in [4.69, 9.17) is 17.3 Å². The Morgan fingerprint density at radius 3 is 2.32 bits per heavy atom. The number of aliphatic hydroxyl groups is 2. The van der Waals surface area contributed by atoms with E-state index in [1.165, 1.54) is 27.9 Å². The Balaban J connectivity index is 2.09. The number of nitrogens with zero attached hydrogens (tertiary/aromatic N) is 6. The lowest BCUT2D eigenvalue weighted by Gasteiger charge is -2.24. The summed E-state index contributed by atoms with van der Waals surface area (Å²) in [6, 6.07) is 5.63. The van der Waals surface area contributed by atoms with E-state index in [1.54, 1.807) is 0 Å². The van der Waals surface area contributed by atoms with Gasteiger partial charge in [-0.2, -0.15) is 18.3 Å². The van der Waals surface area contributed by atoms with E-state index in [0.29, 0.717) is 9.59 Å². The Labute approximate surface area is 184 Å². The van der Waals surface area contributed by atoms with Gasteiger partial charge in [-0.25, -0.2) is 14.5 Å². The Kier molecular flexibility index (Phi) is 6.00. The third-order valence-electron chi connectivity index (χ3n) is 4.18. The number of carbonyl (C=O) groups excluding carboxylic acids is 1. The van der Waals surface area contributed by atoms with Gasteiger partial charge in [-0.1, -0.05) is 11.6 Å². The van der Waals surface area contributed by atoms with Crippen molar-refractivity contribution in [2.45, 2.75) is 25.1 Å². The van der Waals surface area contributed by atoms with Crippen LogP contribution in [-0.2, 0) is 13.1 Å². The zero-order valence-electron chi connectivity index (χ0n) is 15.7. The molecule has 0 aliphatic heterocycles. The lowest BCUT2D eigenvalue weighted by atomic mass is 10.2. The average molecular weight is 476 g/mol. The van der Waals surface area contributed by atoms with Crippen LogP contribution in [0.3, 0.4) is 0 Å². The minimum absolute atomic E-state index is 0.0340. The Morgan fingerprint density at radius 2 is 1.81 bits per heavy atom. The number of primary amides is 1. The number of alkyl halides is 3. The van der Waals surface area contributed by atoms with Crippen molar-refractivity contribution >= 4 is 34.0 Å². The molecule has 1 aromatic carbocycles. The van der Waals surface area contributed by atoms with Crippen molar-refractivity contribution in [1.82, 2.24) is 28.1 Å². The van der Waals surface area contributed by atoms with E-state index in [9.17, 15) is 33.0 Å². The van der Waals surface area contributed by atoms with E-state index < -0.39 is 36.6 Å². The van der Waals surface area contributed by atoms with Crippen LogP contribution in [0.1, 0.15) is 16.4 Å². The van der Waals surface area contributed by atoms with Crippen LogP contribution < -0.4 is 11.4 Å². The Morgan fingerprint density at radius 1 is 1.19 bits per heavy atom. The first-order valence-corrected chi connectivity index (χ1v) is 9.72. The van der Waals surface area contributed by atoms with Crippen LogP contribution in [0.4, 0.5) is 13.2 Å². The number of hydrogen-bond acceptors (Lipinski definition) is 7. The summed E-state index contributed by atoms with van der Waals surface area (Å²) in [4.78, 5) is 28.0. The average Bonchev–Trinajstić information content (AvgIpc) is 3.16. The molecule has 4 N–H and O–H groups in total. The molecule has 0 aliphatic rings. The van der Waals surface area contributed by atoms with Crippen molar-refractivity contribution in [3.63, 3.8) is 0 Å². The molecule has 0 spiro atoms. The van der Waals surface area contributed by atoms with E-state index in [0.717, 1.165) is 4.68 Å². The normalized spacial score (nSPS) is 12.3. The minimum atomic E-state index is -5.44. The molecule has 16 heteroatoms. The number of rotatable bonds is 6. The van der Waals surface area contributed by atoms with Crippen LogP contribution >= 0.6 is 11.6 Å². The van der Waals surface area contributed by atoms with E-state index in [1.807, 2.05) is 0 Å². The fourth-order valence-corrected chi connectivity index (χ4v) is 3.34. The molecular formula is C15H14AlClF3N7O4. The summed E-state index contributed by atoms with van der Waals surface area (Å²) in [5.41, 5.74) is 4.28. The van der Waals surface area contributed by atoms with Crippen molar-refractivity contribution in [3.8, 4) is 11.4 Å². The number of aromatic nitrogens is 6. The number of benzene rings is 1. The van der Waals surface area contributed by atoms with Crippen LogP contribution in [0.25, 0.3) is 11.4 Å². The van der Waals surface area contributed by atoms with Crippen LogP contribution in [0.15, 0.2) is 29.1 Å². The molecule has 0 fully saturated rings. The first kappa shape index (κ1) is 23.0. The highest BCUT2D eigenvalue weighted by molar-refractivity contribution is 6.30. The van der Waals surface area contributed by atoms with Crippen molar-refractivity contribution in [3.05, 3.63) is 51.4 Å². The third-order valence-corrected chi connectivity index (χ3v) is 5.05. The second kappa shape index (κ2) is 8.10. The van der Waals surface area contributed by atoms with E-state index >= 15 is 0 Å². The second-order valence-corrected chi connectivity index (χ2v) is 7.79. The molecule has 0 radical (unpaired) electrons. The second-order valence-electron chi connectivity index (χ2n) is 6.51. The maximum atomic E-state index is 13.0. The Bertz CT molecular complexity index is 1190. The predicted octanol–water partition coefficient (Wildman–Crippen LogP) is -1.26. The van der Waals surface area contributed by atoms with E-state index in [2.05, 4.69) is 15.2 Å². The smallest absolute Gasteiger partial charge is 0.363 e. The minimum Gasteiger partial charge on any atom is -0.363 e. The van der Waals surface area contributed by atoms with Gasteiger partial charge in [0, 0.05) is 10.6 Å². The van der Waals surface area contributed by atoms with Crippen molar-refractivity contribution in [2.24, 2.45) is 5.73 Å². The van der Waals surface area contributed by atoms with Gasteiger partial charge in [-0.05, 0) is 24.3 Å². The number of nitrogens with two attached hydrogens (primary N) is 1. The maximum Gasteiger partial charge on any atom is 0.444 e. The zero-order chi connectivity index (χ0) is 23.1. The maximum absolute atomic E-state index is 13.0. The highest BCUT2D eigenvalue weighted by atomic mass is 35.5. The van der Waals surface area contributed by atoms with Crippen molar-refractivity contribution in [1.29, 1.82) is 0 Å². The fourth-order valence-electron chi connectivity index (χ4n) is 2.66. The number of carbonyl (C=O) groups is 1. The first-order valence-electron chi connectivity index (χ1n) is 8.45. The Hall–Kier alpha value is -2.70. The number of halogens is 4. The summed E-state index contributed by atoms with van der Waals surface area (Å²) < 4.78 is 41.4. The van der Waals surface area contributed by atoms with E-state index in [-0.39, 0.29) is 39.5 Å². The van der Waals surface area contributed by atoms with Gasteiger partial charge in [0.2, 0.25) is 0 Å². The standard InChI is InChI=1S/C15H13ClF3N7O4.Al.2H/c16-8-3-1-7(2-4-8)12-24-26(5-9-21-11(10(20)27)23-22-9)13(28)25(12)6-14(29,30)15(17,18)19;;;/h1-4,29-30H,5-6H2,(H3,20,21,22,23,27);;;/q;+1;;/p-1. The van der Waals surface area contributed by atoms with Gasteiger partial charge in [0.15, 0.2) is 17.5 Å². The van der Waals surface area contributed by atoms with Gasteiger partial charge in [0.05, 0.1) is 6.54 Å². The fraction of sp³-hybridized carbons (Fsp3) is 0.267. The number of hydrogen-bond donors (Lipinski definition) is 3. The molecule has 3 rings (SSSR count). The molecule has 1 amide bonds. The summed E-state index contributed by atoms with van der Waals surface area (Å²) in [5, 5.41) is 27.3. The highest BCUT2D eigenvalue weighted by Gasteiger charge is 2.53. The zero-order valence-corrected chi connectivity index (χ0v) is 18.5. The van der Waals surface area contributed by atoms with Gasteiger partial charge in [-0.3, -0.25) is 9.36 Å². The molecule has 2 heterocycles. The molecule has 0 saturated carbocycles. The lowest BCUT2D eigenvalue weighted by molar-refractivity contribution is -0.353. The van der Waals surface area contributed by atoms with Gasteiger partial charge in [0.25, 0.3) is 11.7 Å². The molecule has 0 aliphatic carbocycles. The molecule has 3 aromatic rings. The number of amides is 1. The quantitative estimate of drug-likeness (QED) is 0.297. The van der Waals surface area contributed by atoms with Crippen LogP contribution in [0.2, 0.25) is 5.02 Å². The largest absolute Gasteiger partial charge is 0.444 e. The third kappa shape index (κ3) is 4.65. The topological polar surface area (TPSA) is 154 Å². The van der Waals surface area contributed by atoms with Gasteiger partial charge in [0.1, 0.15) is 6.54 Å². The molecule has 11 nitrogen and oxygen atoms in total. The summed E-state index contributed by atoms with van der Waals surface area (Å²) in [7, 11) is 0. The van der Waals surface area contributed by atoms with Crippen LogP contribution in [0.5, 0.6) is 0 Å². The summed E-state index contributed by atoms with van der Waals surface area (Å²) in [5.74, 6) is -5.50. The molecule has 0 bridgehead atoms. The van der Waals surface area contributed by atoms with Crippen molar-refractivity contribution in [2.75, 3.05) is 0 Å². The summed E-state index contributed by atoms with van der Waals surface area (Å²) in [6.07, 6.45) is -5.44. The molecule has 31 heavy (non-hydrogen) atoms. The molecule has 0 unspecified atom stereocenters. The van der Waals surface area contributed by atoms with Crippen molar-refractivity contribution < 1.29 is 28.2 Å². The molecule has 0 atom stereocenters. The first-order chi connectivity index (χ1) is 14.3. The van der Waals surface area contributed by atoms with Gasteiger partial charge >= 0.3 is 28.4 Å². The highest BCUT2D eigenvalue weighted by Crippen LogP contribution is 2.30. The van der Waals surface area contributed by atoms with Crippen LogP contribution in [-0.4, -0.2) is 72.7 Å². The van der Waals surface area contributed by atoms with Gasteiger partial charge < -0.3 is 19.6 Å². The molecule has 0 saturated heterocycles. The summed E-state index contributed by atoms with van der Waals surface area (Å²) in [6.45, 7) is -1.94. The predicted molar refractivity (Wildman–Crippen MR) is 102 cm³/mol. The monoisotopic (exact) mass is 475 g/mol. The van der Waals surface area contributed by atoms with Crippen LogP contribution in [0, 0.1) is 0 Å². The molecular weight excluding hydrogens is 462 g/mol. The molecule has 164 valence electrons.